The van der Waals surface area contributed by atoms with Crippen molar-refractivity contribution < 1.29 is 13.9 Å². The number of carbonyl (C=O) groups excluding carboxylic acids is 1. The fourth-order valence-corrected chi connectivity index (χ4v) is 2.06. The molecule has 0 aliphatic rings. The number of benzene rings is 2. The van der Waals surface area contributed by atoms with Crippen LogP contribution in [0.1, 0.15) is 27.0 Å². The molecule has 2 aromatic carbocycles. The molecular weight excluding hydrogens is 257 g/mol. The van der Waals surface area contributed by atoms with Crippen LogP contribution in [-0.2, 0) is 0 Å². The van der Waals surface area contributed by atoms with Gasteiger partial charge in [-0.3, -0.25) is 4.79 Å². The minimum atomic E-state index is -0.598. The van der Waals surface area contributed by atoms with E-state index in [0.717, 1.165) is 17.2 Å². The standard InChI is InChI=1S/C16H16FNO2/c1-9-4-6-12(16(20-3)10(9)2)15(19)11-5-7-14(18)13(17)8-11/h4-8H,18H2,1-3H3. The number of ketones is 1. The highest BCUT2D eigenvalue weighted by molar-refractivity contribution is 6.11. The molecule has 2 aromatic rings. The first-order valence-electron chi connectivity index (χ1n) is 6.19. The first-order valence-corrected chi connectivity index (χ1v) is 6.19. The van der Waals surface area contributed by atoms with E-state index in [9.17, 15) is 9.18 Å². The van der Waals surface area contributed by atoms with Gasteiger partial charge in [-0.15, -0.1) is 0 Å². The molecule has 0 unspecified atom stereocenters. The molecule has 2 N–H and O–H groups in total. The molecule has 2 rings (SSSR count). The van der Waals surface area contributed by atoms with Gasteiger partial charge in [0.1, 0.15) is 11.6 Å². The number of nitrogen functional groups attached to an aromatic ring is 1. The molecule has 0 aliphatic carbocycles. The summed E-state index contributed by atoms with van der Waals surface area (Å²) in [4.78, 5) is 12.5. The molecule has 20 heavy (non-hydrogen) atoms. The van der Waals surface area contributed by atoms with Crippen LogP contribution in [0.2, 0.25) is 0 Å². The SMILES string of the molecule is COc1c(C(=O)c2ccc(N)c(F)c2)ccc(C)c1C. The minimum absolute atomic E-state index is 0.0219. The summed E-state index contributed by atoms with van der Waals surface area (Å²) < 4.78 is 18.8. The van der Waals surface area contributed by atoms with Gasteiger partial charge in [0, 0.05) is 5.56 Å². The molecule has 0 aromatic heterocycles. The molecule has 0 radical (unpaired) electrons. The molecule has 0 bridgehead atoms. The van der Waals surface area contributed by atoms with Crippen molar-refractivity contribution in [3.63, 3.8) is 0 Å². The average Bonchev–Trinajstić information content (AvgIpc) is 2.44. The normalized spacial score (nSPS) is 10.4. The molecule has 4 heteroatoms. The summed E-state index contributed by atoms with van der Waals surface area (Å²) in [7, 11) is 1.52. The minimum Gasteiger partial charge on any atom is -0.496 e. The zero-order chi connectivity index (χ0) is 14.9. The first kappa shape index (κ1) is 14.1. The third-order valence-electron chi connectivity index (χ3n) is 3.39. The molecule has 3 nitrogen and oxygen atoms in total. The van der Waals surface area contributed by atoms with Crippen LogP contribution in [-0.4, -0.2) is 12.9 Å². The Morgan fingerprint density at radius 2 is 1.90 bits per heavy atom. The van der Waals surface area contributed by atoms with Gasteiger partial charge in [-0.2, -0.15) is 0 Å². The number of methoxy groups -OCH3 is 1. The average molecular weight is 273 g/mol. The highest BCUT2D eigenvalue weighted by Gasteiger charge is 2.18. The van der Waals surface area contributed by atoms with Crippen molar-refractivity contribution in [3.05, 3.63) is 58.4 Å². The Morgan fingerprint density at radius 3 is 2.50 bits per heavy atom. The van der Waals surface area contributed by atoms with E-state index >= 15 is 0 Å². The summed E-state index contributed by atoms with van der Waals surface area (Å²) >= 11 is 0. The van der Waals surface area contributed by atoms with Gasteiger partial charge in [-0.1, -0.05) is 6.07 Å². The first-order chi connectivity index (χ1) is 9.45. The number of nitrogens with two attached hydrogens (primary N) is 1. The molecule has 0 atom stereocenters. The quantitative estimate of drug-likeness (QED) is 0.689. The number of hydrogen-bond acceptors (Lipinski definition) is 3. The topological polar surface area (TPSA) is 52.3 Å². The van der Waals surface area contributed by atoms with E-state index < -0.39 is 5.82 Å². The van der Waals surface area contributed by atoms with Gasteiger partial charge in [-0.25, -0.2) is 4.39 Å². The van der Waals surface area contributed by atoms with Gasteiger partial charge in [0.05, 0.1) is 18.4 Å². The van der Waals surface area contributed by atoms with Crippen molar-refractivity contribution in [1.29, 1.82) is 0 Å². The number of ether oxygens (including phenoxy) is 1. The van der Waals surface area contributed by atoms with E-state index in [4.69, 9.17) is 10.5 Å². The van der Waals surface area contributed by atoms with E-state index in [1.807, 2.05) is 19.9 Å². The van der Waals surface area contributed by atoms with Gasteiger partial charge in [0.15, 0.2) is 5.78 Å². The third-order valence-corrected chi connectivity index (χ3v) is 3.39. The van der Waals surface area contributed by atoms with Gasteiger partial charge < -0.3 is 10.5 Å². The van der Waals surface area contributed by atoms with Gasteiger partial charge in [-0.05, 0) is 49.2 Å². The predicted molar refractivity (Wildman–Crippen MR) is 76.7 cm³/mol. The fraction of sp³-hybridized carbons (Fsp3) is 0.188. The summed E-state index contributed by atoms with van der Waals surface area (Å²) in [5.41, 5.74) is 8.03. The lowest BCUT2D eigenvalue weighted by molar-refractivity contribution is 0.103. The number of rotatable bonds is 3. The van der Waals surface area contributed by atoms with Crippen molar-refractivity contribution in [1.82, 2.24) is 0 Å². The van der Waals surface area contributed by atoms with Crippen LogP contribution in [0.5, 0.6) is 5.75 Å². The maximum absolute atomic E-state index is 13.5. The largest absolute Gasteiger partial charge is 0.496 e. The summed E-state index contributed by atoms with van der Waals surface area (Å²) in [5.74, 6) is -0.366. The second-order valence-electron chi connectivity index (χ2n) is 4.65. The number of carbonyl (C=O) groups is 1. The Hall–Kier alpha value is -2.36. The Bertz CT molecular complexity index is 680. The van der Waals surface area contributed by atoms with Crippen LogP contribution in [0, 0.1) is 19.7 Å². The Labute approximate surface area is 117 Å². The maximum Gasteiger partial charge on any atom is 0.196 e. The lowest BCUT2D eigenvalue weighted by Gasteiger charge is -2.13. The number of halogens is 1. The maximum atomic E-state index is 13.5. The van der Waals surface area contributed by atoms with Gasteiger partial charge >= 0.3 is 0 Å². The molecule has 104 valence electrons. The predicted octanol–water partition coefficient (Wildman–Crippen LogP) is 3.26. The Morgan fingerprint density at radius 1 is 1.20 bits per heavy atom. The van der Waals surface area contributed by atoms with Crippen molar-refractivity contribution in [3.8, 4) is 5.75 Å². The van der Waals surface area contributed by atoms with E-state index in [2.05, 4.69) is 0 Å². The molecule has 0 spiro atoms. The fourth-order valence-electron chi connectivity index (χ4n) is 2.06. The Kier molecular flexibility index (Phi) is 3.74. The van der Waals surface area contributed by atoms with Crippen LogP contribution in [0.3, 0.4) is 0 Å². The zero-order valence-corrected chi connectivity index (χ0v) is 11.7. The van der Waals surface area contributed by atoms with Crippen molar-refractivity contribution >= 4 is 11.5 Å². The molecule has 0 saturated heterocycles. The van der Waals surface area contributed by atoms with Gasteiger partial charge in [0.2, 0.25) is 0 Å². The van der Waals surface area contributed by atoms with Crippen LogP contribution < -0.4 is 10.5 Å². The third kappa shape index (κ3) is 2.37. The van der Waals surface area contributed by atoms with E-state index in [-0.39, 0.29) is 17.0 Å². The Balaban J connectivity index is 2.53. The van der Waals surface area contributed by atoms with Gasteiger partial charge in [0.25, 0.3) is 0 Å². The highest BCUT2D eigenvalue weighted by atomic mass is 19.1. The van der Waals surface area contributed by atoms with Crippen LogP contribution in [0.15, 0.2) is 30.3 Å². The van der Waals surface area contributed by atoms with Crippen LogP contribution in [0.25, 0.3) is 0 Å². The number of aryl methyl sites for hydroxylation is 1. The van der Waals surface area contributed by atoms with E-state index in [0.29, 0.717) is 11.3 Å². The van der Waals surface area contributed by atoms with Crippen LogP contribution >= 0.6 is 0 Å². The monoisotopic (exact) mass is 273 g/mol. The molecule has 0 saturated carbocycles. The highest BCUT2D eigenvalue weighted by Crippen LogP contribution is 2.28. The number of anilines is 1. The summed E-state index contributed by atoms with van der Waals surface area (Å²) in [5, 5.41) is 0. The summed E-state index contributed by atoms with van der Waals surface area (Å²) in [6.07, 6.45) is 0. The molecular formula is C16H16FNO2. The lowest BCUT2D eigenvalue weighted by Crippen LogP contribution is -2.07. The van der Waals surface area contributed by atoms with Crippen molar-refractivity contribution in [2.45, 2.75) is 13.8 Å². The summed E-state index contributed by atoms with van der Waals surface area (Å²) in [6, 6.07) is 7.58. The second-order valence-corrected chi connectivity index (χ2v) is 4.65. The second kappa shape index (κ2) is 5.33. The lowest BCUT2D eigenvalue weighted by atomic mass is 9.97. The molecule has 0 aliphatic heterocycles. The van der Waals surface area contributed by atoms with Crippen molar-refractivity contribution in [2.24, 2.45) is 0 Å². The van der Waals surface area contributed by atoms with E-state index in [1.165, 1.54) is 19.2 Å². The molecule has 0 fully saturated rings. The molecule has 0 heterocycles. The zero-order valence-electron chi connectivity index (χ0n) is 11.7. The number of hydrogen-bond donors (Lipinski definition) is 1. The van der Waals surface area contributed by atoms with Crippen molar-refractivity contribution in [2.75, 3.05) is 12.8 Å². The molecule has 0 amide bonds. The van der Waals surface area contributed by atoms with Crippen LogP contribution in [0.4, 0.5) is 10.1 Å². The van der Waals surface area contributed by atoms with E-state index in [1.54, 1.807) is 6.07 Å². The smallest absolute Gasteiger partial charge is 0.196 e. The summed E-state index contributed by atoms with van der Waals surface area (Å²) in [6.45, 7) is 3.82.